The summed E-state index contributed by atoms with van der Waals surface area (Å²) in [6.45, 7) is 1.38. The van der Waals surface area contributed by atoms with Crippen molar-refractivity contribution in [2.75, 3.05) is 6.61 Å². The Morgan fingerprint density at radius 1 is 0.697 bits per heavy atom. The van der Waals surface area contributed by atoms with Gasteiger partial charge in [0.15, 0.2) is 11.2 Å². The van der Waals surface area contributed by atoms with Crippen LogP contribution in [0.4, 0.5) is 0 Å². The molecule has 0 bridgehead atoms. The highest BCUT2D eigenvalue weighted by atomic mass is 16.5. The van der Waals surface area contributed by atoms with E-state index >= 15 is 0 Å². The summed E-state index contributed by atoms with van der Waals surface area (Å²) < 4.78 is 9.74. The Balaban J connectivity index is 4.26. The fraction of sp³-hybridized carbons (Fsp3) is 0.684. The molecule has 0 amide bonds. The number of carbonyl (C=O) groups excluding carboxylic acids is 2. The van der Waals surface area contributed by atoms with Crippen LogP contribution in [-0.4, -0.2) is 90.4 Å². The predicted molar refractivity (Wildman–Crippen MR) is 104 cm³/mol. The van der Waals surface area contributed by atoms with Crippen molar-refractivity contribution >= 4 is 35.8 Å². The minimum absolute atomic E-state index is 0.128. The molecular weight excluding hydrogens is 452 g/mol. The molecule has 0 aromatic heterocycles. The Bertz CT molecular complexity index is 747. The van der Waals surface area contributed by atoms with E-state index in [1.165, 1.54) is 6.92 Å². The smallest absolute Gasteiger partial charge is 0.336 e. The van der Waals surface area contributed by atoms with Gasteiger partial charge in [-0.1, -0.05) is 0 Å². The fourth-order valence-electron chi connectivity index (χ4n) is 2.68. The van der Waals surface area contributed by atoms with Crippen LogP contribution in [0.25, 0.3) is 0 Å². The first-order chi connectivity index (χ1) is 15.1. The summed E-state index contributed by atoms with van der Waals surface area (Å²) in [5.74, 6) is -9.11. The molecule has 3 atom stereocenters. The molecule has 0 heterocycles. The van der Waals surface area contributed by atoms with Gasteiger partial charge in [0, 0.05) is 0 Å². The van der Waals surface area contributed by atoms with E-state index in [-0.39, 0.29) is 6.61 Å². The van der Waals surface area contributed by atoms with Crippen LogP contribution in [0.15, 0.2) is 0 Å². The molecule has 0 radical (unpaired) electrons. The summed E-state index contributed by atoms with van der Waals surface area (Å²) in [5, 5.41) is 54.7. The van der Waals surface area contributed by atoms with Crippen molar-refractivity contribution in [3.63, 3.8) is 0 Å². The lowest BCUT2D eigenvalue weighted by Gasteiger charge is -2.21. The number of ether oxygens (including phenoxy) is 2. The van der Waals surface area contributed by atoms with Gasteiger partial charge in [-0.15, -0.1) is 0 Å². The van der Waals surface area contributed by atoms with Gasteiger partial charge in [0.05, 0.1) is 38.4 Å². The Morgan fingerprint density at radius 3 is 1.58 bits per heavy atom. The number of rotatable bonds is 17. The molecule has 0 aliphatic carbocycles. The maximum absolute atomic E-state index is 11.8. The van der Waals surface area contributed by atoms with Gasteiger partial charge in [0.2, 0.25) is 0 Å². The minimum atomic E-state index is -2.79. The van der Waals surface area contributed by atoms with Gasteiger partial charge in [-0.2, -0.15) is 0 Å². The second kappa shape index (κ2) is 13.3. The number of carboxylic acid groups (broad SMARTS) is 4. The highest BCUT2D eigenvalue weighted by molar-refractivity contribution is 5.89. The molecule has 0 spiro atoms. The molecule has 14 heteroatoms. The number of esters is 2. The van der Waals surface area contributed by atoms with E-state index in [0.717, 1.165) is 0 Å². The van der Waals surface area contributed by atoms with E-state index in [9.17, 15) is 39.0 Å². The molecule has 0 aromatic carbocycles. The highest BCUT2D eigenvalue weighted by Gasteiger charge is 2.42. The molecule has 33 heavy (non-hydrogen) atoms. The van der Waals surface area contributed by atoms with E-state index in [2.05, 4.69) is 0 Å². The van der Waals surface area contributed by atoms with Gasteiger partial charge in [-0.05, 0) is 32.6 Å². The Morgan fingerprint density at radius 2 is 1.15 bits per heavy atom. The van der Waals surface area contributed by atoms with Gasteiger partial charge < -0.3 is 40.1 Å². The Labute approximate surface area is 187 Å². The first-order valence-electron chi connectivity index (χ1n) is 9.81. The molecule has 3 unspecified atom stereocenters. The number of unbranched alkanes of at least 4 members (excludes halogenated alkanes) is 2. The average Bonchev–Trinajstić information content (AvgIpc) is 2.62. The van der Waals surface area contributed by atoms with Crippen LogP contribution >= 0.6 is 0 Å². The molecule has 6 N–H and O–H groups in total. The molecule has 0 rings (SSSR count). The maximum Gasteiger partial charge on any atom is 0.336 e. The van der Waals surface area contributed by atoms with Gasteiger partial charge >= 0.3 is 35.8 Å². The van der Waals surface area contributed by atoms with Crippen molar-refractivity contribution in [1.29, 1.82) is 0 Å². The standard InChI is InChI=1S/C19H28O14/c1-11(33-15(25)10-19(31,17(28)29)8-13(22)23)5-3-2-4-6-32-14(24)9-18(30,16(26)27)7-12(20)21/h11,30-31H,2-10H2,1H3,(H,20,21)(H,22,23)(H,26,27)(H,28,29). The van der Waals surface area contributed by atoms with Crippen LogP contribution in [0.1, 0.15) is 58.3 Å². The fourth-order valence-corrected chi connectivity index (χ4v) is 2.68. The number of carboxylic acids is 4. The summed E-state index contributed by atoms with van der Waals surface area (Å²) in [6.07, 6.45) is -3.50. The van der Waals surface area contributed by atoms with Crippen LogP contribution in [0.5, 0.6) is 0 Å². The SMILES string of the molecule is CC(CCCCCOC(=O)CC(O)(CC(=O)O)C(=O)O)OC(=O)CC(O)(CC(=O)O)C(=O)O. The van der Waals surface area contributed by atoms with E-state index in [1.807, 2.05) is 0 Å². The number of carbonyl (C=O) groups is 6. The van der Waals surface area contributed by atoms with E-state index in [1.54, 1.807) is 0 Å². The van der Waals surface area contributed by atoms with Crippen LogP contribution in [0, 0.1) is 0 Å². The average molecular weight is 480 g/mol. The maximum atomic E-state index is 11.8. The normalized spacial score (nSPS) is 15.4. The third kappa shape index (κ3) is 11.8. The van der Waals surface area contributed by atoms with E-state index in [4.69, 9.17) is 29.9 Å². The first-order valence-corrected chi connectivity index (χ1v) is 9.81. The van der Waals surface area contributed by atoms with Gasteiger partial charge in [-0.25, -0.2) is 9.59 Å². The lowest BCUT2D eigenvalue weighted by molar-refractivity contribution is -0.173. The van der Waals surface area contributed by atoms with Crippen molar-refractivity contribution in [3.8, 4) is 0 Å². The lowest BCUT2D eigenvalue weighted by Crippen LogP contribution is -2.43. The molecule has 0 aromatic rings. The topological polar surface area (TPSA) is 242 Å². The third-order valence-electron chi connectivity index (χ3n) is 4.41. The van der Waals surface area contributed by atoms with Gasteiger partial charge in [0.1, 0.15) is 0 Å². The third-order valence-corrected chi connectivity index (χ3v) is 4.41. The molecule has 0 saturated carbocycles. The number of aliphatic carboxylic acids is 4. The minimum Gasteiger partial charge on any atom is -0.481 e. The summed E-state index contributed by atoms with van der Waals surface area (Å²) >= 11 is 0. The second-order valence-corrected chi connectivity index (χ2v) is 7.54. The summed E-state index contributed by atoms with van der Waals surface area (Å²) in [4.78, 5) is 66.7. The largest absolute Gasteiger partial charge is 0.481 e. The van der Waals surface area contributed by atoms with E-state index < -0.39 is 78.8 Å². The number of aliphatic hydroxyl groups is 2. The molecule has 0 saturated heterocycles. The van der Waals surface area contributed by atoms with Crippen molar-refractivity contribution in [2.45, 2.75) is 75.6 Å². The van der Waals surface area contributed by atoms with Gasteiger partial charge in [-0.3, -0.25) is 19.2 Å². The predicted octanol–water partition coefficient (Wildman–Crippen LogP) is -0.617. The summed E-state index contributed by atoms with van der Waals surface area (Å²) in [6, 6.07) is 0. The number of hydrogen-bond acceptors (Lipinski definition) is 10. The van der Waals surface area contributed by atoms with E-state index in [0.29, 0.717) is 25.7 Å². The van der Waals surface area contributed by atoms with Crippen LogP contribution in [0.2, 0.25) is 0 Å². The van der Waals surface area contributed by atoms with Crippen molar-refractivity contribution in [3.05, 3.63) is 0 Å². The summed E-state index contributed by atoms with van der Waals surface area (Å²) in [7, 11) is 0. The quantitative estimate of drug-likeness (QED) is 0.112. The monoisotopic (exact) mass is 480 g/mol. The second-order valence-electron chi connectivity index (χ2n) is 7.54. The Kier molecular flexibility index (Phi) is 12.0. The highest BCUT2D eigenvalue weighted by Crippen LogP contribution is 2.19. The van der Waals surface area contributed by atoms with Crippen molar-refractivity contribution in [2.24, 2.45) is 0 Å². The summed E-state index contributed by atoms with van der Waals surface area (Å²) in [5.41, 5.74) is -5.57. The molecule has 188 valence electrons. The van der Waals surface area contributed by atoms with Gasteiger partial charge in [0.25, 0.3) is 0 Å². The molecule has 0 aliphatic heterocycles. The van der Waals surface area contributed by atoms with Crippen molar-refractivity contribution < 1.29 is 68.9 Å². The lowest BCUT2D eigenvalue weighted by atomic mass is 9.96. The van der Waals surface area contributed by atoms with Crippen LogP contribution in [0.3, 0.4) is 0 Å². The van der Waals surface area contributed by atoms with Crippen LogP contribution in [-0.2, 0) is 38.2 Å². The molecule has 0 fully saturated rings. The first kappa shape index (κ1) is 29.7. The van der Waals surface area contributed by atoms with Crippen molar-refractivity contribution in [1.82, 2.24) is 0 Å². The molecular formula is C19H28O14. The zero-order valence-corrected chi connectivity index (χ0v) is 17.9. The molecule has 0 aliphatic rings. The molecule has 14 nitrogen and oxygen atoms in total. The van der Waals surface area contributed by atoms with Crippen LogP contribution < -0.4 is 0 Å². The number of hydrogen-bond donors (Lipinski definition) is 6. The Hall–Kier alpha value is -3.26. The zero-order valence-electron chi connectivity index (χ0n) is 17.9. The zero-order chi connectivity index (χ0) is 25.8.